The van der Waals surface area contributed by atoms with Crippen LogP contribution in [0.4, 0.5) is 0 Å². The standard InChI is InChI=1S/C25H36O2Si2/c1-16(2)29(17(3)4,18(5)6)27-20-11-13-22-24(15-20)28(8,9)23-14-19(7)10-12-21(23)25(22)26/h10-18H,1-9H3. The van der Waals surface area contributed by atoms with Crippen molar-refractivity contribution >= 4 is 32.5 Å². The summed E-state index contributed by atoms with van der Waals surface area (Å²) in [5.74, 6) is 1.12. The van der Waals surface area contributed by atoms with Crippen molar-refractivity contribution in [3.63, 3.8) is 0 Å². The van der Waals surface area contributed by atoms with E-state index < -0.39 is 16.4 Å². The second-order valence-electron chi connectivity index (χ2n) is 10.1. The molecule has 0 saturated carbocycles. The third kappa shape index (κ3) is 3.44. The van der Waals surface area contributed by atoms with Crippen LogP contribution < -0.4 is 14.8 Å². The lowest BCUT2D eigenvalue weighted by Gasteiger charge is -2.42. The van der Waals surface area contributed by atoms with Crippen molar-refractivity contribution in [1.82, 2.24) is 0 Å². The maximum Gasteiger partial charge on any atom is 0.258 e. The molecule has 0 bridgehead atoms. The van der Waals surface area contributed by atoms with E-state index in [0.29, 0.717) is 16.6 Å². The lowest BCUT2D eigenvalue weighted by atomic mass is 10.0. The number of rotatable bonds is 5. The first-order valence-corrected chi connectivity index (χ1v) is 16.1. The monoisotopic (exact) mass is 424 g/mol. The molecule has 0 aromatic heterocycles. The molecule has 156 valence electrons. The van der Waals surface area contributed by atoms with Crippen molar-refractivity contribution in [2.45, 2.75) is 78.2 Å². The number of carbonyl (C=O) groups excluding carboxylic acids is 1. The number of benzene rings is 2. The summed E-state index contributed by atoms with van der Waals surface area (Å²) in [6.07, 6.45) is 0. The normalized spacial score (nSPS) is 15.7. The van der Waals surface area contributed by atoms with Gasteiger partial charge in [-0.3, -0.25) is 4.79 Å². The van der Waals surface area contributed by atoms with Crippen LogP contribution in [0.25, 0.3) is 0 Å². The molecule has 3 rings (SSSR count). The lowest BCUT2D eigenvalue weighted by Crippen LogP contribution is -2.60. The third-order valence-electron chi connectivity index (χ3n) is 7.00. The van der Waals surface area contributed by atoms with Gasteiger partial charge in [-0.05, 0) is 52.1 Å². The van der Waals surface area contributed by atoms with E-state index in [1.807, 2.05) is 18.2 Å². The highest BCUT2D eigenvalue weighted by Gasteiger charge is 2.47. The molecule has 0 atom stereocenters. The third-order valence-corrected chi connectivity index (χ3v) is 16.5. The van der Waals surface area contributed by atoms with Gasteiger partial charge < -0.3 is 4.43 Å². The first-order chi connectivity index (χ1) is 13.4. The molecule has 0 unspecified atom stereocenters. The minimum atomic E-state index is -2.03. The van der Waals surface area contributed by atoms with Gasteiger partial charge in [0, 0.05) is 11.1 Å². The van der Waals surface area contributed by atoms with Crippen LogP contribution in [0.15, 0.2) is 36.4 Å². The largest absolute Gasteiger partial charge is 0.543 e. The summed E-state index contributed by atoms with van der Waals surface area (Å²) in [5, 5.41) is 2.48. The Bertz CT molecular complexity index is 920. The van der Waals surface area contributed by atoms with Gasteiger partial charge in [-0.25, -0.2) is 0 Å². The molecule has 1 aliphatic rings. The molecular formula is C25H36O2Si2. The van der Waals surface area contributed by atoms with E-state index in [2.05, 4.69) is 79.8 Å². The Morgan fingerprint density at radius 1 is 0.793 bits per heavy atom. The Labute approximate surface area is 178 Å². The molecule has 29 heavy (non-hydrogen) atoms. The molecule has 0 radical (unpaired) electrons. The Morgan fingerprint density at radius 3 is 1.79 bits per heavy atom. The molecule has 0 N–H and O–H groups in total. The first kappa shape index (κ1) is 22.0. The second-order valence-corrected chi connectivity index (χ2v) is 19.8. The molecular weight excluding hydrogens is 388 g/mol. The minimum absolute atomic E-state index is 0.161. The topological polar surface area (TPSA) is 26.3 Å². The molecule has 0 spiro atoms. The fourth-order valence-corrected chi connectivity index (χ4v) is 13.9. The van der Waals surface area contributed by atoms with Crippen molar-refractivity contribution in [2.24, 2.45) is 0 Å². The Balaban J connectivity index is 2.13. The SMILES string of the molecule is Cc1ccc2c(c1)[Si](C)(C)c1cc(O[Si](C(C)C)(C(C)C)C(C)C)ccc1C2=O. The van der Waals surface area contributed by atoms with Crippen molar-refractivity contribution in [3.8, 4) is 5.75 Å². The van der Waals surface area contributed by atoms with Gasteiger partial charge in [0.05, 0.1) is 0 Å². The summed E-state index contributed by atoms with van der Waals surface area (Å²) in [7, 11) is -4.01. The van der Waals surface area contributed by atoms with Crippen LogP contribution in [0.5, 0.6) is 5.75 Å². The maximum atomic E-state index is 13.2. The van der Waals surface area contributed by atoms with E-state index in [4.69, 9.17) is 4.43 Å². The van der Waals surface area contributed by atoms with Gasteiger partial charge >= 0.3 is 0 Å². The van der Waals surface area contributed by atoms with Crippen molar-refractivity contribution < 1.29 is 9.22 Å². The highest BCUT2D eigenvalue weighted by atomic mass is 28.4. The number of ketones is 1. The summed E-state index contributed by atoms with van der Waals surface area (Å²) < 4.78 is 6.94. The lowest BCUT2D eigenvalue weighted by molar-refractivity contribution is 0.104. The minimum Gasteiger partial charge on any atom is -0.543 e. The number of fused-ring (bicyclic) bond motifs is 2. The van der Waals surface area contributed by atoms with E-state index >= 15 is 0 Å². The summed E-state index contributed by atoms with van der Waals surface area (Å²) >= 11 is 0. The van der Waals surface area contributed by atoms with Crippen molar-refractivity contribution in [1.29, 1.82) is 0 Å². The fraction of sp³-hybridized carbons (Fsp3) is 0.480. The Kier molecular flexibility index (Phi) is 5.74. The van der Waals surface area contributed by atoms with Crippen LogP contribution in [-0.2, 0) is 0 Å². The molecule has 0 amide bonds. The number of aryl methyl sites for hydroxylation is 1. The van der Waals surface area contributed by atoms with E-state index in [-0.39, 0.29) is 5.78 Å². The second kappa shape index (κ2) is 7.55. The average molecular weight is 425 g/mol. The fourth-order valence-electron chi connectivity index (χ4n) is 5.52. The van der Waals surface area contributed by atoms with Crippen LogP contribution in [-0.4, -0.2) is 22.2 Å². The molecule has 4 heteroatoms. The van der Waals surface area contributed by atoms with Gasteiger partial charge in [-0.2, -0.15) is 0 Å². The van der Waals surface area contributed by atoms with Crippen molar-refractivity contribution in [3.05, 3.63) is 53.1 Å². The predicted octanol–water partition coefficient (Wildman–Crippen LogP) is 5.92. The average Bonchev–Trinajstić information content (AvgIpc) is 2.63. The molecule has 0 saturated heterocycles. The zero-order valence-corrected chi connectivity index (χ0v) is 21.5. The highest BCUT2D eigenvalue weighted by molar-refractivity contribution is 7.02. The molecule has 0 aliphatic carbocycles. The quantitative estimate of drug-likeness (QED) is 0.557. The summed E-state index contributed by atoms with van der Waals surface area (Å²) in [4.78, 5) is 13.2. The summed E-state index contributed by atoms with van der Waals surface area (Å²) in [5.41, 5.74) is 4.55. The molecule has 2 aromatic carbocycles. The van der Waals surface area contributed by atoms with Crippen molar-refractivity contribution in [2.75, 3.05) is 0 Å². The molecule has 0 fully saturated rings. The van der Waals surface area contributed by atoms with Crippen LogP contribution in [0.1, 0.15) is 63.0 Å². The van der Waals surface area contributed by atoms with Crippen LogP contribution in [0.3, 0.4) is 0 Å². The van der Waals surface area contributed by atoms with Gasteiger partial charge in [0.1, 0.15) is 13.8 Å². The van der Waals surface area contributed by atoms with E-state index in [1.54, 1.807) is 0 Å². The zero-order valence-electron chi connectivity index (χ0n) is 19.5. The number of carbonyl (C=O) groups is 1. The first-order valence-electron chi connectivity index (χ1n) is 10.9. The predicted molar refractivity (Wildman–Crippen MR) is 129 cm³/mol. The highest BCUT2D eigenvalue weighted by Crippen LogP contribution is 2.42. The molecule has 2 nitrogen and oxygen atoms in total. The number of hydrogen-bond donors (Lipinski definition) is 0. The van der Waals surface area contributed by atoms with Crippen LogP contribution >= 0.6 is 0 Å². The summed E-state index contributed by atoms with van der Waals surface area (Å²) in [6, 6.07) is 12.6. The van der Waals surface area contributed by atoms with Gasteiger partial charge in [0.25, 0.3) is 8.32 Å². The van der Waals surface area contributed by atoms with Gasteiger partial charge in [-0.15, -0.1) is 0 Å². The summed E-state index contributed by atoms with van der Waals surface area (Å²) in [6.45, 7) is 20.7. The number of hydrogen-bond acceptors (Lipinski definition) is 2. The molecule has 1 aliphatic heterocycles. The van der Waals surface area contributed by atoms with Gasteiger partial charge in [-0.1, -0.05) is 78.4 Å². The molecule has 1 heterocycles. The van der Waals surface area contributed by atoms with Gasteiger partial charge in [0.15, 0.2) is 5.78 Å². The molecule has 2 aromatic rings. The van der Waals surface area contributed by atoms with E-state index in [9.17, 15) is 4.79 Å². The van der Waals surface area contributed by atoms with E-state index in [0.717, 1.165) is 16.9 Å². The van der Waals surface area contributed by atoms with Crippen LogP contribution in [0, 0.1) is 6.92 Å². The zero-order chi connectivity index (χ0) is 21.7. The van der Waals surface area contributed by atoms with Crippen LogP contribution in [0.2, 0.25) is 29.7 Å². The maximum absolute atomic E-state index is 13.2. The smallest absolute Gasteiger partial charge is 0.258 e. The Morgan fingerprint density at radius 2 is 1.28 bits per heavy atom. The van der Waals surface area contributed by atoms with Gasteiger partial charge in [0.2, 0.25) is 0 Å². The Hall–Kier alpha value is -1.66. The van der Waals surface area contributed by atoms with E-state index in [1.165, 1.54) is 15.9 Å².